The topological polar surface area (TPSA) is 56.7 Å². The summed E-state index contributed by atoms with van der Waals surface area (Å²) in [5, 5.41) is 4.50. The van der Waals surface area contributed by atoms with Gasteiger partial charge in [0.05, 0.1) is 16.7 Å². The zero-order chi connectivity index (χ0) is 33.0. The number of benzene rings is 7. The summed E-state index contributed by atoms with van der Waals surface area (Å²) in [6.45, 7) is 0. The second kappa shape index (κ2) is 11.4. The van der Waals surface area contributed by atoms with Crippen molar-refractivity contribution in [3.8, 4) is 51.0 Å². The molecule has 0 unspecified atom stereocenters. The number of fused-ring (bicyclic) bond motifs is 6. The zero-order valence-electron chi connectivity index (χ0n) is 26.9. The molecule has 234 valence electrons. The highest BCUT2D eigenvalue weighted by Crippen LogP contribution is 2.39. The molecule has 0 N–H and O–H groups in total. The van der Waals surface area contributed by atoms with Crippen LogP contribution in [0.4, 0.5) is 0 Å². The normalized spacial score (nSPS) is 11.6. The molecule has 0 radical (unpaired) electrons. The quantitative estimate of drug-likeness (QED) is 0.188. The van der Waals surface area contributed by atoms with Crippen LogP contribution in [0.1, 0.15) is 0 Å². The molecule has 0 saturated heterocycles. The highest BCUT2D eigenvalue weighted by atomic mass is 16.3. The minimum atomic E-state index is 0.597. The van der Waals surface area contributed by atoms with E-state index in [0.29, 0.717) is 17.5 Å². The van der Waals surface area contributed by atoms with Crippen LogP contribution in [-0.2, 0) is 0 Å². The molecule has 5 nitrogen and oxygen atoms in total. The number of furan rings is 1. The summed E-state index contributed by atoms with van der Waals surface area (Å²) < 4.78 is 8.68. The maximum absolute atomic E-state index is 6.36. The molecule has 0 aliphatic heterocycles. The molecule has 7 aromatic carbocycles. The van der Waals surface area contributed by atoms with Gasteiger partial charge >= 0.3 is 0 Å². The van der Waals surface area contributed by atoms with Crippen LogP contribution in [0.3, 0.4) is 0 Å². The Kier molecular flexibility index (Phi) is 6.42. The van der Waals surface area contributed by atoms with Gasteiger partial charge in [0, 0.05) is 38.2 Å². The van der Waals surface area contributed by atoms with Crippen LogP contribution in [0, 0.1) is 0 Å². The first kappa shape index (κ1) is 28.2. The lowest BCUT2D eigenvalue weighted by Gasteiger charge is -2.14. The fraction of sp³-hybridized carbons (Fsp3) is 0. The molecule has 50 heavy (non-hydrogen) atoms. The van der Waals surface area contributed by atoms with E-state index in [1.54, 1.807) is 0 Å². The largest absolute Gasteiger partial charge is 0.456 e. The molecule has 0 saturated carbocycles. The lowest BCUT2D eigenvalue weighted by molar-refractivity contribution is 0.669. The van der Waals surface area contributed by atoms with E-state index in [-0.39, 0.29) is 0 Å². The molecule has 0 aliphatic carbocycles. The summed E-state index contributed by atoms with van der Waals surface area (Å²) in [5.74, 6) is 1.82. The van der Waals surface area contributed by atoms with Crippen LogP contribution < -0.4 is 0 Å². The van der Waals surface area contributed by atoms with E-state index in [0.717, 1.165) is 66.5 Å². The van der Waals surface area contributed by atoms with Crippen LogP contribution in [0.25, 0.3) is 94.7 Å². The second-order valence-electron chi connectivity index (χ2n) is 12.4. The summed E-state index contributed by atoms with van der Waals surface area (Å²) in [6, 6.07) is 58.5. The monoisotopic (exact) mass is 640 g/mol. The molecule has 0 bridgehead atoms. The van der Waals surface area contributed by atoms with E-state index in [2.05, 4.69) is 108 Å². The van der Waals surface area contributed by atoms with Gasteiger partial charge in [0.15, 0.2) is 17.5 Å². The van der Waals surface area contributed by atoms with E-state index in [1.807, 2.05) is 66.7 Å². The third-order valence-corrected chi connectivity index (χ3v) is 9.47. The van der Waals surface area contributed by atoms with Crippen LogP contribution in [-0.4, -0.2) is 19.5 Å². The molecule has 0 spiro atoms. The Labute approximate surface area is 287 Å². The Balaban J connectivity index is 1.21. The van der Waals surface area contributed by atoms with E-state index < -0.39 is 0 Å². The third kappa shape index (κ3) is 4.52. The summed E-state index contributed by atoms with van der Waals surface area (Å²) in [7, 11) is 0. The van der Waals surface area contributed by atoms with Gasteiger partial charge in [-0.3, -0.25) is 0 Å². The Morgan fingerprint density at radius 2 is 0.960 bits per heavy atom. The molecule has 0 atom stereocenters. The van der Waals surface area contributed by atoms with Gasteiger partial charge in [-0.2, -0.15) is 0 Å². The van der Waals surface area contributed by atoms with Gasteiger partial charge in [-0.25, -0.2) is 15.0 Å². The molecule has 0 fully saturated rings. The first-order valence-corrected chi connectivity index (χ1v) is 16.7. The van der Waals surface area contributed by atoms with Gasteiger partial charge < -0.3 is 8.98 Å². The minimum Gasteiger partial charge on any atom is -0.456 e. The first-order chi connectivity index (χ1) is 24.8. The molecular formula is C45H28N4O. The molecule has 3 heterocycles. The summed E-state index contributed by atoms with van der Waals surface area (Å²) >= 11 is 0. The van der Waals surface area contributed by atoms with Crippen molar-refractivity contribution in [2.45, 2.75) is 0 Å². The maximum Gasteiger partial charge on any atom is 0.166 e. The molecule has 3 aromatic heterocycles. The highest BCUT2D eigenvalue weighted by Gasteiger charge is 2.20. The fourth-order valence-electron chi connectivity index (χ4n) is 7.21. The number of hydrogen-bond donors (Lipinski definition) is 0. The SMILES string of the molecule is c1ccc(-c2nc(-c3ccc4oc5cccc(-c6ccccc6)c5c4c3)nc(-c3ccccc3-n3c4ccccc4c4ccccc43)n2)cc1. The Morgan fingerprint density at radius 1 is 0.380 bits per heavy atom. The molecule has 0 aliphatic rings. The second-order valence-corrected chi connectivity index (χ2v) is 12.4. The van der Waals surface area contributed by atoms with Crippen LogP contribution in [0.15, 0.2) is 174 Å². The van der Waals surface area contributed by atoms with Crippen molar-refractivity contribution < 1.29 is 4.42 Å². The lowest BCUT2D eigenvalue weighted by Crippen LogP contribution is -2.03. The number of aromatic nitrogens is 4. The van der Waals surface area contributed by atoms with Crippen molar-refractivity contribution in [2.24, 2.45) is 0 Å². The third-order valence-electron chi connectivity index (χ3n) is 9.47. The van der Waals surface area contributed by atoms with Crippen LogP contribution >= 0.6 is 0 Å². The van der Waals surface area contributed by atoms with Gasteiger partial charge in [-0.1, -0.05) is 121 Å². The van der Waals surface area contributed by atoms with Crippen LogP contribution in [0.5, 0.6) is 0 Å². The fourth-order valence-corrected chi connectivity index (χ4v) is 7.21. The highest BCUT2D eigenvalue weighted by molar-refractivity contribution is 6.13. The van der Waals surface area contributed by atoms with Gasteiger partial charge in [0.1, 0.15) is 11.2 Å². The molecule has 10 rings (SSSR count). The first-order valence-electron chi connectivity index (χ1n) is 16.7. The molecule has 10 aromatic rings. The van der Waals surface area contributed by atoms with Crippen molar-refractivity contribution >= 4 is 43.7 Å². The predicted octanol–water partition coefficient (Wildman–Crippen LogP) is 11.5. The lowest BCUT2D eigenvalue weighted by atomic mass is 9.99. The summed E-state index contributed by atoms with van der Waals surface area (Å²) in [5.41, 5.74) is 9.93. The molecule has 5 heteroatoms. The molecular weight excluding hydrogens is 613 g/mol. The summed E-state index contributed by atoms with van der Waals surface area (Å²) in [6.07, 6.45) is 0. The van der Waals surface area contributed by atoms with Crippen molar-refractivity contribution in [2.75, 3.05) is 0 Å². The van der Waals surface area contributed by atoms with E-state index >= 15 is 0 Å². The Bertz CT molecular complexity index is 2820. The van der Waals surface area contributed by atoms with E-state index in [1.165, 1.54) is 10.8 Å². The van der Waals surface area contributed by atoms with Crippen molar-refractivity contribution in [1.29, 1.82) is 0 Å². The average molecular weight is 641 g/mol. The predicted molar refractivity (Wildman–Crippen MR) is 203 cm³/mol. The van der Waals surface area contributed by atoms with Crippen molar-refractivity contribution in [3.63, 3.8) is 0 Å². The Morgan fingerprint density at radius 3 is 1.70 bits per heavy atom. The summed E-state index contributed by atoms with van der Waals surface area (Å²) in [4.78, 5) is 15.4. The van der Waals surface area contributed by atoms with Gasteiger partial charge in [0.2, 0.25) is 0 Å². The van der Waals surface area contributed by atoms with Gasteiger partial charge in [0.25, 0.3) is 0 Å². The standard InChI is InChI=1S/C45H28N4O/c1-3-14-29(15-4-1)32-21-13-25-41-42(32)36-28-31(26-27-40(36)50-41)44-46-43(30-16-5-2-6-17-30)47-45(48-44)35-20-9-12-24-39(35)49-37-22-10-7-18-33(37)34-19-8-11-23-38(34)49/h1-28H. The number of hydrogen-bond acceptors (Lipinski definition) is 4. The number of para-hydroxylation sites is 3. The number of rotatable bonds is 5. The smallest absolute Gasteiger partial charge is 0.166 e. The van der Waals surface area contributed by atoms with Gasteiger partial charge in [-0.15, -0.1) is 0 Å². The van der Waals surface area contributed by atoms with Gasteiger partial charge in [-0.05, 0) is 59.7 Å². The van der Waals surface area contributed by atoms with E-state index in [4.69, 9.17) is 19.4 Å². The van der Waals surface area contributed by atoms with Crippen LogP contribution in [0.2, 0.25) is 0 Å². The number of nitrogens with zero attached hydrogens (tertiary/aromatic N) is 4. The molecule has 0 amide bonds. The maximum atomic E-state index is 6.36. The van der Waals surface area contributed by atoms with Crippen molar-refractivity contribution in [1.82, 2.24) is 19.5 Å². The zero-order valence-corrected chi connectivity index (χ0v) is 26.9. The minimum absolute atomic E-state index is 0.597. The average Bonchev–Trinajstić information content (AvgIpc) is 3.74. The van der Waals surface area contributed by atoms with E-state index in [9.17, 15) is 0 Å². The Hall–Kier alpha value is -6.85. The van der Waals surface area contributed by atoms with Crippen molar-refractivity contribution in [3.05, 3.63) is 170 Å².